The number of benzene rings is 1. The summed E-state index contributed by atoms with van der Waals surface area (Å²) in [5.74, 6) is -0.466. The van der Waals surface area contributed by atoms with Crippen molar-refractivity contribution in [2.45, 2.75) is 13.8 Å². The standard InChI is InChI=1S/C11H10FNO/c1-6-7(2)13-9-5-3-4-8(12)10(9)11(6)14/h3-5H,1-2H3,(H,13,14). The van der Waals surface area contributed by atoms with Gasteiger partial charge in [0.15, 0.2) is 5.43 Å². The predicted molar refractivity (Wildman–Crippen MR) is 54.0 cm³/mol. The molecule has 14 heavy (non-hydrogen) atoms. The quantitative estimate of drug-likeness (QED) is 0.680. The number of hydrogen-bond donors (Lipinski definition) is 1. The highest BCUT2D eigenvalue weighted by Gasteiger charge is 2.08. The van der Waals surface area contributed by atoms with Gasteiger partial charge in [-0.3, -0.25) is 4.79 Å². The maximum atomic E-state index is 13.3. The van der Waals surface area contributed by atoms with E-state index in [1.54, 1.807) is 26.0 Å². The molecule has 0 unspecified atom stereocenters. The molecule has 0 saturated carbocycles. The van der Waals surface area contributed by atoms with Crippen LogP contribution in [0.4, 0.5) is 4.39 Å². The third-order valence-electron chi connectivity index (χ3n) is 2.47. The average molecular weight is 191 g/mol. The fraction of sp³-hybridized carbons (Fsp3) is 0.182. The van der Waals surface area contributed by atoms with Crippen molar-refractivity contribution in [2.24, 2.45) is 0 Å². The second kappa shape index (κ2) is 2.94. The molecule has 2 aromatic rings. The summed E-state index contributed by atoms with van der Waals surface area (Å²) in [7, 11) is 0. The first-order valence-corrected chi connectivity index (χ1v) is 4.39. The number of nitrogens with one attached hydrogen (secondary N) is 1. The van der Waals surface area contributed by atoms with Crippen LogP contribution in [0.3, 0.4) is 0 Å². The number of aromatic amines is 1. The average Bonchev–Trinajstić information content (AvgIpc) is 2.14. The van der Waals surface area contributed by atoms with Gasteiger partial charge in [-0.25, -0.2) is 4.39 Å². The Kier molecular flexibility index (Phi) is 1.88. The smallest absolute Gasteiger partial charge is 0.195 e. The molecule has 2 rings (SSSR count). The van der Waals surface area contributed by atoms with Crippen molar-refractivity contribution in [2.75, 3.05) is 0 Å². The molecule has 0 amide bonds. The molecule has 0 saturated heterocycles. The van der Waals surface area contributed by atoms with E-state index < -0.39 is 5.82 Å². The molecule has 1 aromatic carbocycles. The Labute approximate surface area is 80.4 Å². The molecule has 2 nitrogen and oxygen atoms in total. The molecule has 0 radical (unpaired) electrons. The largest absolute Gasteiger partial charge is 0.358 e. The summed E-state index contributed by atoms with van der Waals surface area (Å²) in [4.78, 5) is 14.7. The Bertz CT molecular complexity index is 557. The van der Waals surface area contributed by atoms with Crippen LogP contribution in [0.15, 0.2) is 23.0 Å². The van der Waals surface area contributed by atoms with Gasteiger partial charge in [0, 0.05) is 11.3 Å². The predicted octanol–water partition coefficient (Wildman–Crippen LogP) is 2.28. The monoisotopic (exact) mass is 191 g/mol. The summed E-state index contributed by atoms with van der Waals surface area (Å²) >= 11 is 0. The van der Waals surface area contributed by atoms with E-state index in [0.29, 0.717) is 11.1 Å². The first kappa shape index (κ1) is 8.94. The van der Waals surface area contributed by atoms with Gasteiger partial charge in [0.25, 0.3) is 0 Å². The third-order valence-corrected chi connectivity index (χ3v) is 2.47. The minimum Gasteiger partial charge on any atom is -0.358 e. The number of H-pyrrole nitrogens is 1. The summed E-state index contributed by atoms with van der Waals surface area (Å²) in [6.45, 7) is 3.50. The van der Waals surface area contributed by atoms with Gasteiger partial charge in [-0.05, 0) is 26.0 Å². The molecule has 0 bridgehead atoms. The molecule has 1 heterocycles. The van der Waals surface area contributed by atoms with Gasteiger partial charge in [-0.1, -0.05) is 6.07 Å². The van der Waals surface area contributed by atoms with Gasteiger partial charge in [0.2, 0.25) is 0 Å². The van der Waals surface area contributed by atoms with Crippen molar-refractivity contribution in [3.05, 3.63) is 45.5 Å². The molecule has 1 N–H and O–H groups in total. The Morgan fingerprint density at radius 1 is 1.29 bits per heavy atom. The zero-order chi connectivity index (χ0) is 10.3. The van der Waals surface area contributed by atoms with E-state index in [4.69, 9.17) is 0 Å². The third kappa shape index (κ3) is 1.13. The van der Waals surface area contributed by atoms with E-state index in [0.717, 1.165) is 5.69 Å². The van der Waals surface area contributed by atoms with Gasteiger partial charge in [-0.2, -0.15) is 0 Å². The van der Waals surface area contributed by atoms with Crippen LogP contribution < -0.4 is 5.43 Å². The fourth-order valence-corrected chi connectivity index (χ4v) is 1.51. The lowest BCUT2D eigenvalue weighted by Gasteiger charge is -2.03. The first-order valence-electron chi connectivity index (χ1n) is 4.39. The Morgan fingerprint density at radius 2 is 2.00 bits per heavy atom. The molecule has 3 heteroatoms. The van der Waals surface area contributed by atoms with E-state index in [-0.39, 0.29) is 10.8 Å². The van der Waals surface area contributed by atoms with Crippen molar-refractivity contribution in [1.29, 1.82) is 0 Å². The number of fused-ring (bicyclic) bond motifs is 1. The lowest BCUT2D eigenvalue weighted by Crippen LogP contribution is -2.10. The molecule has 0 spiro atoms. The van der Waals surface area contributed by atoms with Crippen LogP contribution in [0.25, 0.3) is 10.9 Å². The van der Waals surface area contributed by atoms with Crippen LogP contribution in [0.1, 0.15) is 11.3 Å². The van der Waals surface area contributed by atoms with Crippen LogP contribution in [0, 0.1) is 19.7 Å². The molecule has 0 aliphatic rings. The summed E-state index contributed by atoms with van der Waals surface area (Å²) < 4.78 is 13.3. The van der Waals surface area contributed by atoms with Crippen molar-refractivity contribution in [1.82, 2.24) is 4.98 Å². The zero-order valence-corrected chi connectivity index (χ0v) is 8.02. The highest BCUT2D eigenvalue weighted by molar-refractivity contribution is 5.79. The van der Waals surface area contributed by atoms with E-state index in [1.165, 1.54) is 6.07 Å². The number of halogens is 1. The molecular weight excluding hydrogens is 181 g/mol. The summed E-state index contributed by atoms with van der Waals surface area (Å²) in [5, 5.41) is 0.149. The van der Waals surface area contributed by atoms with E-state index in [9.17, 15) is 9.18 Å². The van der Waals surface area contributed by atoms with Crippen LogP contribution in [-0.4, -0.2) is 4.98 Å². The van der Waals surface area contributed by atoms with Crippen LogP contribution in [-0.2, 0) is 0 Å². The number of aryl methyl sites for hydroxylation is 1. The lowest BCUT2D eigenvalue weighted by molar-refractivity contribution is 0.638. The van der Waals surface area contributed by atoms with Crippen molar-refractivity contribution < 1.29 is 4.39 Å². The first-order chi connectivity index (χ1) is 6.61. The van der Waals surface area contributed by atoms with Crippen LogP contribution in [0.2, 0.25) is 0 Å². The normalized spacial score (nSPS) is 10.8. The summed E-state index contributed by atoms with van der Waals surface area (Å²) in [5.41, 5.74) is 1.68. The van der Waals surface area contributed by atoms with E-state index >= 15 is 0 Å². The van der Waals surface area contributed by atoms with Gasteiger partial charge in [-0.15, -0.1) is 0 Å². The van der Waals surface area contributed by atoms with Gasteiger partial charge in [0.1, 0.15) is 5.82 Å². The second-order valence-electron chi connectivity index (χ2n) is 3.37. The van der Waals surface area contributed by atoms with Crippen LogP contribution in [0.5, 0.6) is 0 Å². The summed E-state index contributed by atoms with van der Waals surface area (Å²) in [6.07, 6.45) is 0. The van der Waals surface area contributed by atoms with Crippen molar-refractivity contribution >= 4 is 10.9 Å². The molecule has 0 atom stereocenters. The molecule has 0 aliphatic carbocycles. The maximum Gasteiger partial charge on any atom is 0.195 e. The molecule has 72 valence electrons. The van der Waals surface area contributed by atoms with Crippen molar-refractivity contribution in [3.63, 3.8) is 0 Å². The number of aromatic nitrogens is 1. The van der Waals surface area contributed by atoms with Crippen molar-refractivity contribution in [3.8, 4) is 0 Å². The Balaban J connectivity index is 3.07. The molecule has 1 aromatic heterocycles. The number of hydrogen-bond acceptors (Lipinski definition) is 1. The second-order valence-corrected chi connectivity index (χ2v) is 3.37. The van der Waals surface area contributed by atoms with Gasteiger partial charge < -0.3 is 4.98 Å². The maximum absolute atomic E-state index is 13.3. The topological polar surface area (TPSA) is 32.9 Å². The molecule has 0 aliphatic heterocycles. The Hall–Kier alpha value is -1.64. The van der Waals surface area contributed by atoms with Gasteiger partial charge in [0.05, 0.1) is 10.9 Å². The minimum absolute atomic E-state index is 0.149. The Morgan fingerprint density at radius 3 is 2.71 bits per heavy atom. The number of pyridine rings is 1. The zero-order valence-electron chi connectivity index (χ0n) is 8.02. The summed E-state index contributed by atoms with van der Waals surface area (Å²) in [6, 6.07) is 4.58. The van der Waals surface area contributed by atoms with Gasteiger partial charge >= 0.3 is 0 Å². The minimum atomic E-state index is -0.466. The number of rotatable bonds is 0. The fourth-order valence-electron chi connectivity index (χ4n) is 1.51. The highest BCUT2D eigenvalue weighted by atomic mass is 19.1. The SMILES string of the molecule is Cc1[nH]c2cccc(F)c2c(=O)c1C. The van der Waals surface area contributed by atoms with E-state index in [2.05, 4.69) is 4.98 Å². The molecule has 0 fully saturated rings. The van der Waals surface area contributed by atoms with Crippen LogP contribution >= 0.6 is 0 Å². The highest BCUT2D eigenvalue weighted by Crippen LogP contribution is 2.13. The van der Waals surface area contributed by atoms with E-state index in [1.807, 2.05) is 0 Å². The molecular formula is C11H10FNO. The lowest BCUT2D eigenvalue weighted by atomic mass is 10.1.